The number of nitrogens with one attached hydrogen (secondary N) is 1. The van der Waals surface area contributed by atoms with Crippen molar-refractivity contribution in [1.82, 2.24) is 14.9 Å². The average Bonchev–Trinajstić information content (AvgIpc) is 2.43. The van der Waals surface area contributed by atoms with E-state index in [1.165, 1.54) is 5.69 Å². The Bertz CT molecular complexity index is 294. The van der Waals surface area contributed by atoms with Gasteiger partial charge in [0, 0.05) is 31.6 Å². The van der Waals surface area contributed by atoms with Crippen LogP contribution in [0.25, 0.3) is 0 Å². The molecule has 3 heteroatoms. The molecule has 80 valence electrons. The van der Waals surface area contributed by atoms with Crippen LogP contribution < -0.4 is 5.32 Å². The fourth-order valence-corrected chi connectivity index (χ4v) is 1.34. The van der Waals surface area contributed by atoms with E-state index >= 15 is 0 Å². The predicted molar refractivity (Wildman–Crippen MR) is 59.5 cm³/mol. The van der Waals surface area contributed by atoms with Crippen molar-refractivity contribution in [2.45, 2.75) is 32.6 Å². The summed E-state index contributed by atoms with van der Waals surface area (Å²) in [4.78, 5) is 4.64. The molecular formula is C11H21N3. The molecule has 0 radical (unpaired) electrons. The lowest BCUT2D eigenvalue weighted by Gasteiger charge is -2.13. The number of likely N-dealkylation sites (N-methyl/N-ethyl adjacent to an activating group) is 1. The first-order valence-corrected chi connectivity index (χ1v) is 5.12. The van der Waals surface area contributed by atoms with Crippen molar-refractivity contribution in [3.8, 4) is 0 Å². The molecule has 0 bridgehead atoms. The first kappa shape index (κ1) is 11.2. The largest absolute Gasteiger partial charge is 0.338 e. The van der Waals surface area contributed by atoms with Crippen LogP contribution in [-0.2, 0) is 18.9 Å². The molecule has 1 rings (SSSR count). The van der Waals surface area contributed by atoms with E-state index in [1.807, 2.05) is 7.05 Å². The van der Waals surface area contributed by atoms with E-state index in [1.54, 1.807) is 0 Å². The molecule has 0 atom stereocenters. The highest BCUT2D eigenvalue weighted by atomic mass is 15.1. The Balaban J connectivity index is 2.82. The highest BCUT2D eigenvalue weighted by molar-refractivity contribution is 5.13. The van der Waals surface area contributed by atoms with Gasteiger partial charge < -0.3 is 9.88 Å². The lowest BCUT2D eigenvalue weighted by atomic mass is 9.93. The summed E-state index contributed by atoms with van der Waals surface area (Å²) < 4.78 is 2.12. The number of hydrogen-bond donors (Lipinski definition) is 1. The Morgan fingerprint density at radius 1 is 1.43 bits per heavy atom. The maximum atomic E-state index is 4.64. The minimum Gasteiger partial charge on any atom is -0.338 e. The summed E-state index contributed by atoms with van der Waals surface area (Å²) >= 11 is 0. The van der Waals surface area contributed by atoms with Crippen LogP contribution in [0.1, 0.15) is 32.3 Å². The Labute approximate surface area is 86.5 Å². The number of nitrogens with zero attached hydrogens (tertiary/aromatic N) is 2. The van der Waals surface area contributed by atoms with Gasteiger partial charge in [-0.2, -0.15) is 0 Å². The molecule has 0 aromatic carbocycles. The topological polar surface area (TPSA) is 29.9 Å². The Kier molecular flexibility index (Phi) is 3.32. The molecule has 1 aromatic heterocycles. The monoisotopic (exact) mass is 195 g/mol. The van der Waals surface area contributed by atoms with Crippen molar-refractivity contribution in [2.75, 3.05) is 13.6 Å². The molecule has 0 spiro atoms. The fourth-order valence-electron chi connectivity index (χ4n) is 1.34. The molecular weight excluding hydrogens is 174 g/mol. The van der Waals surface area contributed by atoms with Gasteiger partial charge in [-0.15, -0.1) is 0 Å². The van der Waals surface area contributed by atoms with Crippen LogP contribution in [0, 0.1) is 0 Å². The first-order chi connectivity index (χ1) is 6.45. The van der Waals surface area contributed by atoms with Gasteiger partial charge in [0.25, 0.3) is 0 Å². The summed E-state index contributed by atoms with van der Waals surface area (Å²) in [7, 11) is 4.03. The van der Waals surface area contributed by atoms with Gasteiger partial charge in [0.05, 0.1) is 5.69 Å². The molecule has 14 heavy (non-hydrogen) atoms. The standard InChI is InChI=1S/C11H21N3/c1-11(2,3)9-8-14(5)10(13-9)6-7-12-4/h8,12H,6-7H2,1-5H3. The number of aryl methyl sites for hydroxylation is 1. The highest BCUT2D eigenvalue weighted by Gasteiger charge is 2.18. The molecule has 0 aliphatic carbocycles. The summed E-state index contributed by atoms with van der Waals surface area (Å²) in [6.45, 7) is 7.56. The van der Waals surface area contributed by atoms with Gasteiger partial charge in [0.15, 0.2) is 0 Å². The van der Waals surface area contributed by atoms with Crippen molar-refractivity contribution in [1.29, 1.82) is 0 Å². The number of hydrogen-bond acceptors (Lipinski definition) is 2. The molecule has 1 N–H and O–H groups in total. The molecule has 0 aliphatic rings. The molecule has 0 aliphatic heterocycles. The second kappa shape index (κ2) is 4.13. The molecule has 0 fully saturated rings. The summed E-state index contributed by atoms with van der Waals surface area (Å²) in [5, 5.41) is 3.14. The first-order valence-electron chi connectivity index (χ1n) is 5.12. The zero-order chi connectivity index (χ0) is 10.8. The van der Waals surface area contributed by atoms with Gasteiger partial charge in [0.2, 0.25) is 0 Å². The third-order valence-corrected chi connectivity index (χ3v) is 2.34. The molecule has 1 aromatic rings. The number of imidazole rings is 1. The van der Waals surface area contributed by atoms with Crippen molar-refractivity contribution in [3.63, 3.8) is 0 Å². The maximum Gasteiger partial charge on any atom is 0.110 e. The van der Waals surface area contributed by atoms with E-state index < -0.39 is 0 Å². The van der Waals surface area contributed by atoms with Crippen molar-refractivity contribution >= 4 is 0 Å². The summed E-state index contributed by atoms with van der Waals surface area (Å²) in [6.07, 6.45) is 3.12. The van der Waals surface area contributed by atoms with Crippen LogP contribution in [0.15, 0.2) is 6.20 Å². The molecule has 0 unspecified atom stereocenters. The Morgan fingerprint density at radius 2 is 2.07 bits per heavy atom. The second-order valence-electron chi connectivity index (χ2n) is 4.76. The third kappa shape index (κ3) is 2.58. The lowest BCUT2D eigenvalue weighted by Crippen LogP contribution is -2.14. The van der Waals surface area contributed by atoms with E-state index in [4.69, 9.17) is 0 Å². The van der Waals surface area contributed by atoms with E-state index in [2.05, 4.69) is 48.9 Å². The minimum atomic E-state index is 0.148. The van der Waals surface area contributed by atoms with Crippen molar-refractivity contribution in [2.24, 2.45) is 7.05 Å². The van der Waals surface area contributed by atoms with Gasteiger partial charge >= 0.3 is 0 Å². The molecule has 0 saturated heterocycles. The van der Waals surface area contributed by atoms with Crippen LogP contribution >= 0.6 is 0 Å². The van der Waals surface area contributed by atoms with Crippen LogP contribution in [0.5, 0.6) is 0 Å². The molecule has 0 amide bonds. The van der Waals surface area contributed by atoms with Gasteiger partial charge in [-0.3, -0.25) is 0 Å². The zero-order valence-corrected chi connectivity index (χ0v) is 9.89. The lowest BCUT2D eigenvalue weighted by molar-refractivity contribution is 0.570. The van der Waals surface area contributed by atoms with Gasteiger partial charge in [0.1, 0.15) is 5.82 Å². The summed E-state index contributed by atoms with van der Waals surface area (Å²) in [5.41, 5.74) is 1.32. The van der Waals surface area contributed by atoms with Gasteiger partial charge in [-0.1, -0.05) is 20.8 Å². The summed E-state index contributed by atoms with van der Waals surface area (Å²) in [6, 6.07) is 0. The summed E-state index contributed by atoms with van der Waals surface area (Å²) in [5.74, 6) is 1.16. The van der Waals surface area contributed by atoms with Crippen molar-refractivity contribution in [3.05, 3.63) is 17.7 Å². The SMILES string of the molecule is CNCCc1nc(C(C)(C)C)cn1C. The highest BCUT2D eigenvalue weighted by Crippen LogP contribution is 2.20. The predicted octanol–water partition coefficient (Wildman–Crippen LogP) is 1.48. The van der Waals surface area contributed by atoms with Crippen LogP contribution in [0.3, 0.4) is 0 Å². The third-order valence-electron chi connectivity index (χ3n) is 2.34. The normalized spacial score (nSPS) is 12.1. The molecule has 3 nitrogen and oxygen atoms in total. The minimum absolute atomic E-state index is 0.148. The van der Waals surface area contributed by atoms with E-state index in [0.717, 1.165) is 18.8 Å². The fraction of sp³-hybridized carbons (Fsp3) is 0.727. The smallest absolute Gasteiger partial charge is 0.110 e. The van der Waals surface area contributed by atoms with E-state index in [9.17, 15) is 0 Å². The van der Waals surface area contributed by atoms with Gasteiger partial charge in [-0.05, 0) is 7.05 Å². The van der Waals surface area contributed by atoms with Crippen LogP contribution in [0.4, 0.5) is 0 Å². The molecule has 1 heterocycles. The Morgan fingerprint density at radius 3 is 2.50 bits per heavy atom. The molecule has 0 saturated carbocycles. The maximum absolute atomic E-state index is 4.64. The Hall–Kier alpha value is -0.830. The second-order valence-corrected chi connectivity index (χ2v) is 4.76. The van der Waals surface area contributed by atoms with Gasteiger partial charge in [-0.25, -0.2) is 4.98 Å². The number of rotatable bonds is 3. The van der Waals surface area contributed by atoms with Crippen LogP contribution in [0.2, 0.25) is 0 Å². The zero-order valence-electron chi connectivity index (χ0n) is 9.89. The quantitative estimate of drug-likeness (QED) is 0.791. The number of aromatic nitrogens is 2. The average molecular weight is 195 g/mol. The van der Waals surface area contributed by atoms with Crippen LogP contribution in [-0.4, -0.2) is 23.1 Å². The van der Waals surface area contributed by atoms with E-state index in [-0.39, 0.29) is 5.41 Å². The van der Waals surface area contributed by atoms with Crippen molar-refractivity contribution < 1.29 is 0 Å². The van der Waals surface area contributed by atoms with E-state index in [0.29, 0.717) is 0 Å².